The average molecular weight is 340 g/mol. The van der Waals surface area contributed by atoms with Crippen molar-refractivity contribution >= 4 is 27.7 Å². The molecule has 0 atom stereocenters. The molecule has 2 heterocycles. The molecule has 2 N–H and O–H groups in total. The van der Waals surface area contributed by atoms with Crippen LogP contribution in [0.2, 0.25) is 0 Å². The number of carbonyl (C=O) groups is 1. The third-order valence-corrected chi connectivity index (χ3v) is 2.85. The van der Waals surface area contributed by atoms with Gasteiger partial charge < -0.3 is 15.2 Å². The predicted octanol–water partition coefficient (Wildman–Crippen LogP) is 1.90. The van der Waals surface area contributed by atoms with Crippen molar-refractivity contribution in [2.75, 3.05) is 11.9 Å². The summed E-state index contributed by atoms with van der Waals surface area (Å²) in [6, 6.07) is 1.71. The zero-order chi connectivity index (χ0) is 14.5. The highest BCUT2D eigenvalue weighted by atomic mass is 79.9. The minimum Gasteiger partial charge on any atom is -0.370 e. The Morgan fingerprint density at radius 2 is 2.30 bits per heavy atom. The Morgan fingerprint density at radius 3 is 2.95 bits per heavy atom. The van der Waals surface area contributed by atoms with E-state index in [1.165, 1.54) is 0 Å². The Hall–Kier alpha value is -1.96. The summed E-state index contributed by atoms with van der Waals surface area (Å²) in [5.74, 6) is 1.19. The monoisotopic (exact) mass is 339 g/mol. The summed E-state index contributed by atoms with van der Waals surface area (Å²) in [7, 11) is 0. The molecule has 0 aliphatic rings. The minimum atomic E-state index is -0.253. The third-order valence-electron chi connectivity index (χ3n) is 2.42. The molecular formula is C12H14BrN5O2. The number of hydrogen-bond donors (Lipinski definition) is 2. The van der Waals surface area contributed by atoms with Gasteiger partial charge in [-0.15, -0.1) is 0 Å². The lowest BCUT2D eigenvalue weighted by Crippen LogP contribution is -2.25. The second-order valence-electron chi connectivity index (χ2n) is 3.99. The van der Waals surface area contributed by atoms with Gasteiger partial charge in [-0.05, 0) is 28.9 Å². The number of rotatable bonds is 5. The standard InChI is InChI=1S/C12H14BrN5O2/c1-3-14-11-9(4-8(13)5-15-11)12(19)16-6-10-17-7(2)20-18-10/h4-5H,3,6H2,1-2H3,(H,14,15)(H,16,19). The fourth-order valence-electron chi connectivity index (χ4n) is 1.59. The minimum absolute atomic E-state index is 0.203. The molecule has 0 radical (unpaired) electrons. The number of nitrogens with one attached hydrogen (secondary N) is 2. The van der Waals surface area contributed by atoms with E-state index >= 15 is 0 Å². The first kappa shape index (κ1) is 14.4. The Kier molecular flexibility index (Phi) is 4.67. The molecule has 0 aromatic carbocycles. The molecule has 106 valence electrons. The quantitative estimate of drug-likeness (QED) is 0.864. The van der Waals surface area contributed by atoms with Gasteiger partial charge in [-0.25, -0.2) is 4.98 Å². The van der Waals surface area contributed by atoms with Crippen molar-refractivity contribution in [1.29, 1.82) is 0 Å². The topological polar surface area (TPSA) is 92.9 Å². The van der Waals surface area contributed by atoms with Crippen molar-refractivity contribution in [1.82, 2.24) is 20.4 Å². The van der Waals surface area contributed by atoms with Crippen molar-refractivity contribution in [3.05, 3.63) is 34.0 Å². The van der Waals surface area contributed by atoms with Crippen molar-refractivity contribution < 1.29 is 9.32 Å². The van der Waals surface area contributed by atoms with Crippen molar-refractivity contribution in [3.8, 4) is 0 Å². The maximum atomic E-state index is 12.2. The van der Waals surface area contributed by atoms with Crippen LogP contribution in [0.25, 0.3) is 0 Å². The Morgan fingerprint density at radius 1 is 1.50 bits per heavy atom. The van der Waals surface area contributed by atoms with Crippen LogP contribution in [-0.4, -0.2) is 27.6 Å². The number of hydrogen-bond acceptors (Lipinski definition) is 6. The second-order valence-corrected chi connectivity index (χ2v) is 4.91. The van der Waals surface area contributed by atoms with Gasteiger partial charge in [-0.3, -0.25) is 4.79 Å². The maximum Gasteiger partial charge on any atom is 0.255 e. The van der Waals surface area contributed by atoms with Crippen LogP contribution in [0, 0.1) is 6.92 Å². The lowest BCUT2D eigenvalue weighted by Gasteiger charge is -2.09. The van der Waals surface area contributed by atoms with Gasteiger partial charge in [0.15, 0.2) is 5.82 Å². The van der Waals surface area contributed by atoms with E-state index in [1.807, 2.05) is 6.92 Å². The second kappa shape index (κ2) is 6.47. The van der Waals surface area contributed by atoms with Gasteiger partial charge in [0, 0.05) is 24.1 Å². The van der Waals surface area contributed by atoms with E-state index in [4.69, 9.17) is 4.52 Å². The van der Waals surface area contributed by atoms with Crippen molar-refractivity contribution in [2.45, 2.75) is 20.4 Å². The highest BCUT2D eigenvalue weighted by molar-refractivity contribution is 9.10. The van der Waals surface area contributed by atoms with Crippen LogP contribution in [0.3, 0.4) is 0 Å². The summed E-state index contributed by atoms with van der Waals surface area (Å²) in [6.45, 7) is 4.51. The van der Waals surface area contributed by atoms with E-state index in [2.05, 4.69) is 41.7 Å². The molecule has 2 rings (SSSR count). The molecule has 2 aromatic rings. The lowest BCUT2D eigenvalue weighted by atomic mass is 10.2. The fourth-order valence-corrected chi connectivity index (χ4v) is 1.92. The van der Waals surface area contributed by atoms with E-state index in [0.29, 0.717) is 29.6 Å². The smallest absolute Gasteiger partial charge is 0.255 e. The van der Waals surface area contributed by atoms with Crippen LogP contribution >= 0.6 is 15.9 Å². The maximum absolute atomic E-state index is 12.2. The van der Waals surface area contributed by atoms with E-state index in [9.17, 15) is 4.79 Å². The van der Waals surface area contributed by atoms with Gasteiger partial charge >= 0.3 is 0 Å². The number of aromatic nitrogens is 3. The summed E-state index contributed by atoms with van der Waals surface area (Å²) in [4.78, 5) is 20.4. The van der Waals surface area contributed by atoms with Crippen molar-refractivity contribution in [3.63, 3.8) is 0 Å². The van der Waals surface area contributed by atoms with Gasteiger partial charge in [0.2, 0.25) is 5.89 Å². The van der Waals surface area contributed by atoms with Crippen LogP contribution in [0.15, 0.2) is 21.3 Å². The van der Waals surface area contributed by atoms with Crippen LogP contribution in [0.5, 0.6) is 0 Å². The van der Waals surface area contributed by atoms with Gasteiger partial charge in [-0.1, -0.05) is 5.16 Å². The number of amides is 1. The number of halogens is 1. The lowest BCUT2D eigenvalue weighted by molar-refractivity contribution is 0.0950. The molecule has 0 unspecified atom stereocenters. The van der Waals surface area contributed by atoms with Crippen LogP contribution < -0.4 is 10.6 Å². The average Bonchev–Trinajstić information content (AvgIpc) is 2.84. The van der Waals surface area contributed by atoms with Crippen LogP contribution in [-0.2, 0) is 6.54 Å². The summed E-state index contributed by atoms with van der Waals surface area (Å²) in [6.07, 6.45) is 1.64. The molecule has 0 bridgehead atoms. The van der Waals surface area contributed by atoms with Gasteiger partial charge in [0.05, 0.1) is 12.1 Å². The molecule has 0 aliphatic heterocycles. The molecule has 0 fully saturated rings. The molecule has 0 spiro atoms. The van der Waals surface area contributed by atoms with Crippen molar-refractivity contribution in [2.24, 2.45) is 0 Å². The number of anilines is 1. The normalized spacial score (nSPS) is 10.3. The van der Waals surface area contributed by atoms with E-state index < -0.39 is 0 Å². The van der Waals surface area contributed by atoms with Gasteiger partial charge in [0.1, 0.15) is 5.82 Å². The summed E-state index contributed by atoms with van der Waals surface area (Å²) >= 11 is 3.31. The Bertz CT molecular complexity index is 614. The Balaban J connectivity index is 2.09. The van der Waals surface area contributed by atoms with Gasteiger partial charge in [0.25, 0.3) is 5.91 Å². The highest BCUT2D eigenvalue weighted by Gasteiger charge is 2.14. The summed E-state index contributed by atoms with van der Waals surface area (Å²) in [5.41, 5.74) is 0.460. The molecule has 7 nitrogen and oxygen atoms in total. The molecular weight excluding hydrogens is 326 g/mol. The molecule has 2 aromatic heterocycles. The van der Waals surface area contributed by atoms with Crippen LogP contribution in [0.1, 0.15) is 29.0 Å². The molecule has 0 saturated carbocycles. The molecule has 1 amide bonds. The third kappa shape index (κ3) is 3.53. The Labute approximate surface area is 124 Å². The number of aryl methyl sites for hydroxylation is 1. The van der Waals surface area contributed by atoms with Gasteiger partial charge in [-0.2, -0.15) is 4.98 Å². The summed E-state index contributed by atoms with van der Waals surface area (Å²) in [5, 5.41) is 9.49. The molecule has 8 heteroatoms. The zero-order valence-corrected chi connectivity index (χ0v) is 12.7. The van der Waals surface area contributed by atoms with E-state index in [-0.39, 0.29) is 12.5 Å². The molecule has 0 aliphatic carbocycles. The molecule has 20 heavy (non-hydrogen) atoms. The van der Waals surface area contributed by atoms with Crippen LogP contribution in [0.4, 0.5) is 5.82 Å². The highest BCUT2D eigenvalue weighted by Crippen LogP contribution is 2.18. The van der Waals surface area contributed by atoms with E-state index in [0.717, 1.165) is 4.47 Å². The number of nitrogens with zero attached hydrogens (tertiary/aromatic N) is 3. The number of carbonyl (C=O) groups excluding carboxylic acids is 1. The number of pyridine rings is 1. The predicted molar refractivity (Wildman–Crippen MR) is 76.3 cm³/mol. The first-order valence-corrected chi connectivity index (χ1v) is 6.86. The summed E-state index contributed by atoms with van der Waals surface area (Å²) < 4.78 is 5.58. The van der Waals surface area contributed by atoms with E-state index in [1.54, 1.807) is 19.2 Å². The largest absolute Gasteiger partial charge is 0.370 e. The fraction of sp³-hybridized carbons (Fsp3) is 0.333. The molecule has 0 saturated heterocycles. The first-order chi connectivity index (χ1) is 9.60. The SMILES string of the molecule is CCNc1ncc(Br)cc1C(=O)NCc1noc(C)n1. The zero-order valence-electron chi connectivity index (χ0n) is 11.1. The first-order valence-electron chi connectivity index (χ1n) is 6.07.